The Morgan fingerprint density at radius 1 is 1.14 bits per heavy atom. The van der Waals surface area contributed by atoms with Crippen LogP contribution in [0, 0.1) is 0 Å². The van der Waals surface area contributed by atoms with E-state index in [0.717, 1.165) is 17.1 Å². The maximum atomic E-state index is 12.0. The molecule has 0 saturated heterocycles. The third-order valence-electron chi connectivity index (χ3n) is 3.09. The van der Waals surface area contributed by atoms with E-state index in [9.17, 15) is 4.79 Å². The topological polar surface area (TPSA) is 67.6 Å². The first kappa shape index (κ1) is 14.7. The molecule has 110 valence electrons. The molecule has 5 heteroatoms. The van der Waals surface area contributed by atoms with Crippen molar-refractivity contribution in [1.29, 1.82) is 0 Å². The summed E-state index contributed by atoms with van der Waals surface area (Å²) in [5.41, 5.74) is 8.03. The van der Waals surface area contributed by atoms with Gasteiger partial charge in [0.25, 0.3) is 0 Å². The molecule has 0 saturated carbocycles. The van der Waals surface area contributed by atoms with Crippen molar-refractivity contribution >= 4 is 23.0 Å². The minimum absolute atomic E-state index is 0.0838. The Balaban J connectivity index is 1.92. The molecule has 3 N–H and O–H groups in total. The molecule has 0 spiro atoms. The Morgan fingerprint density at radius 3 is 2.33 bits per heavy atom. The van der Waals surface area contributed by atoms with E-state index in [4.69, 9.17) is 10.5 Å². The van der Waals surface area contributed by atoms with Crippen LogP contribution in [0.2, 0.25) is 0 Å². The van der Waals surface area contributed by atoms with Gasteiger partial charge in [-0.1, -0.05) is 0 Å². The van der Waals surface area contributed by atoms with E-state index >= 15 is 0 Å². The molecule has 0 radical (unpaired) electrons. The highest BCUT2D eigenvalue weighted by Gasteiger charge is 2.08. The number of benzene rings is 2. The number of hydrogen-bond donors (Lipinski definition) is 2. The van der Waals surface area contributed by atoms with Crippen LogP contribution in [-0.2, 0) is 4.79 Å². The fourth-order valence-electron chi connectivity index (χ4n) is 1.91. The smallest absolute Gasteiger partial charge is 0.243 e. The fraction of sp³-hybridized carbons (Fsp3) is 0.188. The van der Waals surface area contributed by atoms with Crippen LogP contribution in [0.3, 0.4) is 0 Å². The number of nitrogens with zero attached hydrogens (tertiary/aromatic N) is 1. The van der Waals surface area contributed by atoms with Crippen molar-refractivity contribution in [3.63, 3.8) is 0 Å². The second kappa shape index (κ2) is 6.65. The standard InChI is InChI=1S/C16H19N3O2/c1-19(14-7-3-12(17)4-8-14)11-16(20)18-13-5-9-15(21-2)10-6-13/h3-10H,11,17H2,1-2H3,(H,18,20). The monoisotopic (exact) mass is 285 g/mol. The van der Waals surface area contributed by atoms with E-state index in [1.807, 2.05) is 36.2 Å². The molecule has 0 aliphatic rings. The normalized spacial score (nSPS) is 10.0. The summed E-state index contributed by atoms with van der Waals surface area (Å²) in [5.74, 6) is 0.673. The van der Waals surface area contributed by atoms with Crippen LogP contribution < -0.4 is 20.7 Å². The minimum atomic E-state index is -0.0838. The van der Waals surface area contributed by atoms with Gasteiger partial charge in [-0.25, -0.2) is 0 Å². The third kappa shape index (κ3) is 4.14. The summed E-state index contributed by atoms with van der Waals surface area (Å²) in [7, 11) is 3.47. The maximum Gasteiger partial charge on any atom is 0.243 e. The van der Waals surface area contributed by atoms with Gasteiger partial charge in [0, 0.05) is 24.1 Å². The van der Waals surface area contributed by atoms with E-state index in [1.54, 1.807) is 31.4 Å². The van der Waals surface area contributed by atoms with Crippen LogP contribution in [0.4, 0.5) is 17.1 Å². The van der Waals surface area contributed by atoms with E-state index in [0.29, 0.717) is 5.69 Å². The lowest BCUT2D eigenvalue weighted by atomic mass is 10.2. The second-order valence-corrected chi connectivity index (χ2v) is 4.72. The molecule has 0 bridgehead atoms. The van der Waals surface area contributed by atoms with Crippen LogP contribution in [-0.4, -0.2) is 26.6 Å². The van der Waals surface area contributed by atoms with Gasteiger partial charge in [-0.15, -0.1) is 0 Å². The van der Waals surface area contributed by atoms with E-state index in [2.05, 4.69) is 5.32 Å². The number of methoxy groups -OCH3 is 1. The highest BCUT2D eigenvalue weighted by atomic mass is 16.5. The van der Waals surface area contributed by atoms with Gasteiger partial charge in [0.05, 0.1) is 13.7 Å². The molecule has 0 fully saturated rings. The largest absolute Gasteiger partial charge is 0.497 e. The lowest BCUT2D eigenvalue weighted by Crippen LogP contribution is -2.29. The molecule has 2 aromatic carbocycles. The number of likely N-dealkylation sites (N-methyl/N-ethyl adjacent to an activating group) is 1. The van der Waals surface area contributed by atoms with Gasteiger partial charge >= 0.3 is 0 Å². The Labute approximate surface area is 124 Å². The minimum Gasteiger partial charge on any atom is -0.497 e. The van der Waals surface area contributed by atoms with Crippen molar-refractivity contribution in [3.8, 4) is 5.75 Å². The van der Waals surface area contributed by atoms with Crippen molar-refractivity contribution in [2.75, 3.05) is 36.7 Å². The summed E-state index contributed by atoms with van der Waals surface area (Å²) in [6, 6.07) is 14.6. The number of nitrogens with two attached hydrogens (primary N) is 1. The molecule has 0 aromatic heterocycles. The lowest BCUT2D eigenvalue weighted by Gasteiger charge is -2.19. The predicted octanol–water partition coefficient (Wildman–Crippen LogP) is 2.35. The molecule has 0 heterocycles. The van der Waals surface area contributed by atoms with Crippen LogP contribution in [0.15, 0.2) is 48.5 Å². The molecule has 2 rings (SSSR count). The van der Waals surface area contributed by atoms with Gasteiger partial charge in [-0.3, -0.25) is 4.79 Å². The van der Waals surface area contributed by atoms with Crippen LogP contribution >= 0.6 is 0 Å². The number of carbonyl (C=O) groups is 1. The fourth-order valence-corrected chi connectivity index (χ4v) is 1.91. The first-order valence-corrected chi connectivity index (χ1v) is 6.59. The molecule has 2 aromatic rings. The zero-order valence-corrected chi connectivity index (χ0v) is 12.2. The first-order chi connectivity index (χ1) is 10.1. The SMILES string of the molecule is COc1ccc(NC(=O)CN(C)c2ccc(N)cc2)cc1. The van der Waals surface area contributed by atoms with Crippen molar-refractivity contribution in [1.82, 2.24) is 0 Å². The average Bonchev–Trinajstić information content (AvgIpc) is 2.48. The van der Waals surface area contributed by atoms with Gasteiger partial charge in [0.15, 0.2) is 0 Å². The van der Waals surface area contributed by atoms with Gasteiger partial charge in [-0.05, 0) is 48.5 Å². The van der Waals surface area contributed by atoms with Gasteiger partial charge < -0.3 is 20.7 Å². The Morgan fingerprint density at radius 2 is 1.76 bits per heavy atom. The highest BCUT2D eigenvalue weighted by Crippen LogP contribution is 2.16. The molecule has 0 unspecified atom stereocenters. The number of anilines is 3. The van der Waals surface area contributed by atoms with Gasteiger partial charge in [0.2, 0.25) is 5.91 Å². The maximum absolute atomic E-state index is 12.0. The molecular formula is C16H19N3O2. The molecular weight excluding hydrogens is 266 g/mol. The number of hydrogen-bond acceptors (Lipinski definition) is 4. The Bertz CT molecular complexity index is 594. The first-order valence-electron chi connectivity index (χ1n) is 6.59. The molecule has 21 heavy (non-hydrogen) atoms. The van der Waals surface area contributed by atoms with E-state index < -0.39 is 0 Å². The van der Waals surface area contributed by atoms with E-state index in [-0.39, 0.29) is 12.5 Å². The van der Waals surface area contributed by atoms with Gasteiger partial charge in [0.1, 0.15) is 5.75 Å². The van der Waals surface area contributed by atoms with Crippen molar-refractivity contribution in [2.24, 2.45) is 0 Å². The predicted molar refractivity (Wildman–Crippen MR) is 85.7 cm³/mol. The zero-order chi connectivity index (χ0) is 15.2. The van der Waals surface area contributed by atoms with Crippen LogP contribution in [0.1, 0.15) is 0 Å². The molecule has 5 nitrogen and oxygen atoms in total. The number of nitrogens with one attached hydrogen (secondary N) is 1. The van der Waals surface area contributed by atoms with Crippen LogP contribution in [0.25, 0.3) is 0 Å². The van der Waals surface area contributed by atoms with Crippen molar-refractivity contribution in [3.05, 3.63) is 48.5 Å². The molecule has 1 amide bonds. The summed E-state index contributed by atoms with van der Waals surface area (Å²) in [4.78, 5) is 13.9. The quantitative estimate of drug-likeness (QED) is 0.828. The number of amides is 1. The molecule has 0 aliphatic heterocycles. The summed E-state index contributed by atoms with van der Waals surface area (Å²) in [5, 5.41) is 2.84. The molecule has 0 aliphatic carbocycles. The average molecular weight is 285 g/mol. The summed E-state index contributed by atoms with van der Waals surface area (Å²) >= 11 is 0. The summed E-state index contributed by atoms with van der Waals surface area (Å²) in [6.45, 7) is 0.260. The summed E-state index contributed by atoms with van der Waals surface area (Å²) < 4.78 is 5.08. The second-order valence-electron chi connectivity index (χ2n) is 4.72. The Kier molecular flexibility index (Phi) is 4.66. The van der Waals surface area contributed by atoms with Crippen molar-refractivity contribution in [2.45, 2.75) is 0 Å². The number of ether oxygens (including phenoxy) is 1. The van der Waals surface area contributed by atoms with Crippen molar-refractivity contribution < 1.29 is 9.53 Å². The summed E-state index contributed by atoms with van der Waals surface area (Å²) in [6.07, 6.45) is 0. The highest BCUT2D eigenvalue weighted by molar-refractivity contribution is 5.94. The number of carbonyl (C=O) groups excluding carboxylic acids is 1. The Hall–Kier alpha value is -2.69. The number of nitrogen functional groups attached to an aromatic ring is 1. The lowest BCUT2D eigenvalue weighted by molar-refractivity contribution is -0.114. The zero-order valence-electron chi connectivity index (χ0n) is 12.2. The van der Waals surface area contributed by atoms with Crippen LogP contribution in [0.5, 0.6) is 5.75 Å². The van der Waals surface area contributed by atoms with E-state index in [1.165, 1.54) is 0 Å². The van der Waals surface area contributed by atoms with Gasteiger partial charge in [-0.2, -0.15) is 0 Å². The number of rotatable bonds is 5. The third-order valence-corrected chi connectivity index (χ3v) is 3.09. The molecule has 0 atom stereocenters.